The average molecular weight is 415 g/mol. The summed E-state index contributed by atoms with van der Waals surface area (Å²) in [5.74, 6) is 1.18. The number of hydrogen-bond donors (Lipinski definition) is 1. The van der Waals surface area contributed by atoms with Crippen molar-refractivity contribution in [1.82, 2.24) is 20.2 Å². The topological polar surface area (TPSA) is 88.6 Å². The van der Waals surface area contributed by atoms with Gasteiger partial charge in [-0.1, -0.05) is 37.8 Å². The highest BCUT2D eigenvalue weighted by Crippen LogP contribution is 2.39. The number of nitrogens with zero attached hydrogens (tertiary/aromatic N) is 3. The highest BCUT2D eigenvalue weighted by Gasteiger charge is 2.26. The van der Waals surface area contributed by atoms with E-state index in [4.69, 9.17) is 0 Å². The fraction of sp³-hybridized carbons (Fsp3) is 0.320. The van der Waals surface area contributed by atoms with Crippen LogP contribution in [0.4, 0.5) is 0 Å². The lowest BCUT2D eigenvalue weighted by Gasteiger charge is -2.11. The fourth-order valence-electron chi connectivity index (χ4n) is 3.52. The quantitative estimate of drug-likeness (QED) is 0.498. The molecular formula is C25H26N4O2. The number of aromatic amines is 1. The van der Waals surface area contributed by atoms with Gasteiger partial charge in [0.1, 0.15) is 11.6 Å². The summed E-state index contributed by atoms with van der Waals surface area (Å²) in [6.45, 7) is 5.41. The molecule has 1 N–H and O–H groups in total. The molecule has 0 spiro atoms. The van der Waals surface area contributed by atoms with Crippen LogP contribution in [0.1, 0.15) is 60.8 Å². The van der Waals surface area contributed by atoms with Crippen LogP contribution in [0.3, 0.4) is 0 Å². The Hall–Kier alpha value is -3.41. The van der Waals surface area contributed by atoms with Crippen LogP contribution in [0.5, 0.6) is 0 Å². The summed E-state index contributed by atoms with van der Waals surface area (Å²) in [5, 5.41) is 7.34. The van der Waals surface area contributed by atoms with Crippen LogP contribution in [-0.2, 0) is 22.4 Å². The van der Waals surface area contributed by atoms with E-state index in [-0.39, 0.29) is 17.5 Å². The third kappa shape index (κ3) is 5.20. The molecule has 2 aromatic heterocycles. The van der Waals surface area contributed by atoms with Gasteiger partial charge in [0.25, 0.3) is 0 Å². The number of ketones is 2. The first-order valence-corrected chi connectivity index (χ1v) is 10.7. The number of aryl methyl sites for hydroxylation is 1. The van der Waals surface area contributed by atoms with Gasteiger partial charge >= 0.3 is 0 Å². The van der Waals surface area contributed by atoms with Gasteiger partial charge in [0.05, 0.1) is 5.69 Å². The zero-order valence-corrected chi connectivity index (χ0v) is 17.7. The first kappa shape index (κ1) is 20.8. The molecule has 1 fully saturated rings. The van der Waals surface area contributed by atoms with E-state index < -0.39 is 0 Å². The average Bonchev–Trinajstić information content (AvgIpc) is 3.56. The van der Waals surface area contributed by atoms with Crippen LogP contribution in [0.15, 0.2) is 55.4 Å². The molecule has 1 aliphatic carbocycles. The highest BCUT2D eigenvalue weighted by atomic mass is 16.1. The zero-order chi connectivity index (χ0) is 21.8. The van der Waals surface area contributed by atoms with Gasteiger partial charge in [-0.15, -0.1) is 0 Å². The van der Waals surface area contributed by atoms with E-state index in [2.05, 4.69) is 26.7 Å². The summed E-state index contributed by atoms with van der Waals surface area (Å²) in [6, 6.07) is 9.97. The van der Waals surface area contributed by atoms with Crippen LogP contribution >= 0.6 is 0 Å². The molecule has 1 aromatic carbocycles. The van der Waals surface area contributed by atoms with Crippen LogP contribution in [-0.4, -0.2) is 31.7 Å². The molecule has 6 nitrogen and oxygen atoms in total. The summed E-state index contributed by atoms with van der Waals surface area (Å²) in [7, 11) is 0. The number of H-pyrrole nitrogens is 1. The van der Waals surface area contributed by atoms with Crippen molar-refractivity contribution in [3.05, 3.63) is 78.2 Å². The molecule has 2 heterocycles. The number of rotatable bonds is 10. The Morgan fingerprint density at radius 2 is 1.87 bits per heavy atom. The normalized spacial score (nSPS) is 14.2. The molecule has 6 heteroatoms. The molecule has 1 aliphatic rings. The number of Topliss-reactive ketones (excluding diaryl/α,β-unsaturated/α-hetero) is 1. The van der Waals surface area contributed by atoms with Crippen LogP contribution < -0.4 is 0 Å². The van der Waals surface area contributed by atoms with Crippen LogP contribution in [0.2, 0.25) is 0 Å². The van der Waals surface area contributed by atoms with E-state index in [0.717, 1.165) is 28.1 Å². The maximum Gasteiger partial charge on any atom is 0.155 e. The second kappa shape index (κ2) is 9.16. The third-order valence-corrected chi connectivity index (χ3v) is 5.77. The van der Waals surface area contributed by atoms with E-state index in [9.17, 15) is 9.59 Å². The molecule has 1 saturated carbocycles. The minimum atomic E-state index is -0.192. The minimum Gasteiger partial charge on any atom is -0.299 e. The van der Waals surface area contributed by atoms with Gasteiger partial charge in [0.2, 0.25) is 0 Å². The minimum absolute atomic E-state index is 0.0113. The Labute approximate surface area is 181 Å². The summed E-state index contributed by atoms with van der Waals surface area (Å²) in [4.78, 5) is 32.8. The molecule has 0 radical (unpaired) electrons. The number of aromatic nitrogens is 4. The first-order chi connectivity index (χ1) is 15.0. The Morgan fingerprint density at radius 1 is 1.16 bits per heavy atom. The van der Waals surface area contributed by atoms with Crippen LogP contribution in [0, 0.1) is 0 Å². The van der Waals surface area contributed by atoms with Crippen molar-refractivity contribution in [2.75, 3.05) is 0 Å². The van der Waals surface area contributed by atoms with Gasteiger partial charge in [-0.3, -0.25) is 14.7 Å². The molecule has 4 rings (SSSR count). The number of allylic oxidation sites excluding steroid dienone is 1. The molecule has 0 bridgehead atoms. The van der Waals surface area contributed by atoms with Crippen molar-refractivity contribution in [2.45, 2.75) is 50.9 Å². The molecule has 31 heavy (non-hydrogen) atoms. The van der Waals surface area contributed by atoms with E-state index in [1.165, 1.54) is 18.9 Å². The molecule has 3 aromatic rings. The smallest absolute Gasteiger partial charge is 0.155 e. The Kier molecular flexibility index (Phi) is 6.16. The number of carbonyl (C=O) groups excluding carboxylic acids is 2. The second-order valence-corrected chi connectivity index (χ2v) is 8.14. The first-order valence-electron chi connectivity index (χ1n) is 10.7. The largest absolute Gasteiger partial charge is 0.299 e. The molecule has 0 saturated heterocycles. The lowest BCUT2D eigenvalue weighted by molar-refractivity contribution is -0.119. The molecule has 1 atom stereocenters. The number of carbonyl (C=O) groups is 2. The van der Waals surface area contributed by atoms with Gasteiger partial charge < -0.3 is 0 Å². The van der Waals surface area contributed by atoms with E-state index in [1.54, 1.807) is 12.4 Å². The zero-order valence-electron chi connectivity index (χ0n) is 17.7. The Bertz CT molecular complexity index is 1080. The standard InChI is InChI=1S/C25H26N4O2/c1-3-22(30)10-11-25-26-14-20(15-27-25)18-6-4-17(5-7-18)16(2)24(31)13-21-12-23(29-28-21)19-8-9-19/h3-7,12,14-16,19H,1,8-11,13H2,2H3,(H,28,29). The van der Waals surface area contributed by atoms with Crippen molar-refractivity contribution in [3.63, 3.8) is 0 Å². The second-order valence-electron chi connectivity index (χ2n) is 8.14. The van der Waals surface area contributed by atoms with E-state index in [1.807, 2.05) is 37.3 Å². The van der Waals surface area contributed by atoms with Crippen molar-refractivity contribution < 1.29 is 9.59 Å². The summed E-state index contributed by atoms with van der Waals surface area (Å²) in [6.07, 6.45) is 8.48. The molecule has 0 amide bonds. The van der Waals surface area contributed by atoms with Crippen molar-refractivity contribution in [2.24, 2.45) is 0 Å². The summed E-state index contributed by atoms with van der Waals surface area (Å²) < 4.78 is 0. The Balaban J connectivity index is 1.36. The molecule has 0 aliphatic heterocycles. The van der Waals surface area contributed by atoms with E-state index in [0.29, 0.717) is 31.0 Å². The van der Waals surface area contributed by atoms with Gasteiger partial charge in [-0.2, -0.15) is 5.10 Å². The predicted octanol–water partition coefficient (Wildman–Crippen LogP) is 4.35. The lowest BCUT2D eigenvalue weighted by atomic mass is 9.92. The highest BCUT2D eigenvalue weighted by molar-refractivity contribution is 5.89. The third-order valence-electron chi connectivity index (χ3n) is 5.77. The molecule has 1 unspecified atom stereocenters. The monoisotopic (exact) mass is 414 g/mol. The molecule has 158 valence electrons. The Morgan fingerprint density at radius 3 is 2.52 bits per heavy atom. The fourth-order valence-corrected chi connectivity index (χ4v) is 3.52. The summed E-state index contributed by atoms with van der Waals surface area (Å²) >= 11 is 0. The van der Waals surface area contributed by atoms with Gasteiger partial charge in [-0.05, 0) is 36.1 Å². The SMILES string of the molecule is C=CC(=O)CCc1ncc(-c2ccc(C(C)C(=O)Cc3cc(C4CC4)n[nH]3)cc2)cn1. The number of benzene rings is 1. The van der Waals surface area contributed by atoms with Crippen molar-refractivity contribution in [3.8, 4) is 11.1 Å². The van der Waals surface area contributed by atoms with E-state index >= 15 is 0 Å². The predicted molar refractivity (Wildman–Crippen MR) is 119 cm³/mol. The van der Waals surface area contributed by atoms with Crippen molar-refractivity contribution in [1.29, 1.82) is 0 Å². The van der Waals surface area contributed by atoms with Gasteiger partial charge in [0, 0.05) is 54.7 Å². The van der Waals surface area contributed by atoms with Gasteiger partial charge in [0.15, 0.2) is 5.78 Å². The number of hydrogen-bond acceptors (Lipinski definition) is 5. The van der Waals surface area contributed by atoms with Crippen molar-refractivity contribution >= 4 is 11.6 Å². The van der Waals surface area contributed by atoms with Gasteiger partial charge in [-0.25, -0.2) is 9.97 Å². The number of nitrogens with one attached hydrogen (secondary N) is 1. The summed E-state index contributed by atoms with van der Waals surface area (Å²) in [5.41, 5.74) is 4.84. The maximum absolute atomic E-state index is 12.7. The van der Waals surface area contributed by atoms with Crippen LogP contribution in [0.25, 0.3) is 11.1 Å². The maximum atomic E-state index is 12.7. The molecular weight excluding hydrogens is 388 g/mol. The lowest BCUT2D eigenvalue weighted by Crippen LogP contribution is -2.12.